The highest BCUT2D eigenvalue weighted by Gasteiger charge is 2.13. The third-order valence-corrected chi connectivity index (χ3v) is 4.23. The molecule has 1 aromatic carbocycles. The lowest BCUT2D eigenvalue weighted by molar-refractivity contribution is 0.626. The summed E-state index contributed by atoms with van der Waals surface area (Å²) in [5.74, 6) is -0.319. The maximum atomic E-state index is 14.0. The van der Waals surface area contributed by atoms with Crippen LogP contribution in [0.25, 0.3) is 5.69 Å². The third-order valence-electron chi connectivity index (χ3n) is 3.11. The molecule has 0 saturated carbocycles. The summed E-state index contributed by atoms with van der Waals surface area (Å²) in [5.41, 5.74) is 3.84. The van der Waals surface area contributed by atoms with Crippen LogP contribution in [0.15, 0.2) is 30.0 Å². The summed E-state index contributed by atoms with van der Waals surface area (Å²) < 4.78 is 15.5. The van der Waals surface area contributed by atoms with Crippen LogP contribution in [0.5, 0.6) is 0 Å². The Kier molecular flexibility index (Phi) is 3.61. The first-order valence-electron chi connectivity index (χ1n) is 6.34. The van der Waals surface area contributed by atoms with E-state index < -0.39 is 0 Å². The quantitative estimate of drug-likeness (QED) is 0.802. The second kappa shape index (κ2) is 5.57. The molecule has 6 nitrogen and oxygen atoms in total. The van der Waals surface area contributed by atoms with E-state index in [-0.39, 0.29) is 11.9 Å². The first kappa shape index (κ1) is 13.6. The molecule has 0 aliphatic heterocycles. The van der Waals surface area contributed by atoms with Gasteiger partial charge in [0.15, 0.2) is 0 Å². The fourth-order valence-corrected chi connectivity index (χ4v) is 2.88. The Hall–Kier alpha value is -2.35. The van der Waals surface area contributed by atoms with Crippen LogP contribution in [0.1, 0.15) is 23.5 Å². The predicted molar refractivity (Wildman–Crippen MR) is 78.0 cm³/mol. The Morgan fingerprint density at radius 1 is 1.38 bits per heavy atom. The van der Waals surface area contributed by atoms with Crippen LogP contribution in [-0.2, 0) is 0 Å². The van der Waals surface area contributed by atoms with Crippen molar-refractivity contribution in [1.82, 2.24) is 25.2 Å². The molecule has 1 atom stereocenters. The minimum Gasteiger partial charge on any atom is -0.375 e. The first-order chi connectivity index (χ1) is 10.1. The average Bonchev–Trinajstić information content (AvgIpc) is 3.12. The molecule has 0 bridgehead atoms. The highest BCUT2D eigenvalue weighted by atomic mass is 32.1. The van der Waals surface area contributed by atoms with Crippen LogP contribution in [0.4, 0.5) is 10.1 Å². The normalized spacial score (nSPS) is 12.3. The molecule has 0 saturated heterocycles. The minimum atomic E-state index is -0.319. The van der Waals surface area contributed by atoms with Gasteiger partial charge in [-0.3, -0.25) is 0 Å². The number of hydrogen-bond acceptors (Lipinski definition) is 6. The van der Waals surface area contributed by atoms with Crippen LogP contribution in [0.2, 0.25) is 0 Å². The number of hydrogen-bond donors (Lipinski definition) is 1. The van der Waals surface area contributed by atoms with Crippen molar-refractivity contribution in [3.8, 4) is 5.69 Å². The van der Waals surface area contributed by atoms with Gasteiger partial charge in [-0.15, -0.1) is 16.4 Å². The van der Waals surface area contributed by atoms with E-state index in [1.165, 1.54) is 17.1 Å². The van der Waals surface area contributed by atoms with Crippen molar-refractivity contribution in [1.29, 1.82) is 0 Å². The lowest BCUT2D eigenvalue weighted by Gasteiger charge is -2.15. The van der Waals surface area contributed by atoms with Gasteiger partial charge in [-0.05, 0) is 42.5 Å². The lowest BCUT2D eigenvalue weighted by atomic mass is 10.2. The summed E-state index contributed by atoms with van der Waals surface area (Å²) in [6, 6.07) is 4.67. The van der Waals surface area contributed by atoms with Gasteiger partial charge in [-0.1, -0.05) is 0 Å². The Morgan fingerprint density at radius 3 is 2.90 bits per heavy atom. The van der Waals surface area contributed by atoms with E-state index in [2.05, 4.69) is 25.8 Å². The zero-order valence-electron chi connectivity index (χ0n) is 11.5. The largest absolute Gasteiger partial charge is 0.375 e. The number of nitrogens with one attached hydrogen (secondary N) is 1. The zero-order chi connectivity index (χ0) is 14.8. The van der Waals surface area contributed by atoms with Gasteiger partial charge in [0.2, 0.25) is 0 Å². The highest BCUT2D eigenvalue weighted by molar-refractivity contribution is 7.09. The number of tetrazole rings is 1. The molecule has 3 rings (SSSR count). The van der Waals surface area contributed by atoms with Gasteiger partial charge in [0.05, 0.1) is 28.6 Å². The van der Waals surface area contributed by atoms with Crippen LogP contribution in [0, 0.1) is 12.7 Å². The van der Waals surface area contributed by atoms with Crippen molar-refractivity contribution in [2.24, 2.45) is 0 Å². The van der Waals surface area contributed by atoms with Crippen LogP contribution >= 0.6 is 11.3 Å². The Bertz CT molecular complexity index is 739. The monoisotopic (exact) mass is 304 g/mol. The summed E-state index contributed by atoms with van der Waals surface area (Å²) in [6.45, 7) is 3.92. The van der Waals surface area contributed by atoms with Crippen molar-refractivity contribution < 1.29 is 4.39 Å². The number of rotatable bonds is 4. The molecular formula is C13H13FN6S. The number of aromatic nitrogens is 5. The molecular weight excluding hydrogens is 291 g/mol. The molecule has 0 spiro atoms. The number of halogens is 1. The fourth-order valence-electron chi connectivity index (χ4n) is 2.07. The van der Waals surface area contributed by atoms with Gasteiger partial charge in [0, 0.05) is 4.88 Å². The summed E-state index contributed by atoms with van der Waals surface area (Å²) in [4.78, 5) is 5.30. The average molecular weight is 304 g/mol. The number of benzene rings is 1. The first-order valence-corrected chi connectivity index (χ1v) is 7.22. The van der Waals surface area contributed by atoms with E-state index in [1.54, 1.807) is 29.0 Å². The van der Waals surface area contributed by atoms with Gasteiger partial charge in [0.1, 0.15) is 12.1 Å². The zero-order valence-corrected chi connectivity index (χ0v) is 12.3. The van der Waals surface area contributed by atoms with E-state index in [4.69, 9.17) is 0 Å². The summed E-state index contributed by atoms with van der Waals surface area (Å²) in [7, 11) is 0. The number of anilines is 1. The molecule has 21 heavy (non-hydrogen) atoms. The molecule has 2 heterocycles. The van der Waals surface area contributed by atoms with Crippen LogP contribution < -0.4 is 5.32 Å². The molecule has 0 fully saturated rings. The molecule has 108 valence electrons. The highest BCUT2D eigenvalue weighted by Crippen LogP contribution is 2.27. The van der Waals surface area contributed by atoms with E-state index in [1.807, 2.05) is 13.8 Å². The summed E-state index contributed by atoms with van der Waals surface area (Å²) in [5, 5.41) is 14.1. The van der Waals surface area contributed by atoms with Gasteiger partial charge < -0.3 is 5.32 Å². The van der Waals surface area contributed by atoms with E-state index in [0.29, 0.717) is 11.4 Å². The predicted octanol–water partition coefficient (Wildman–Crippen LogP) is 2.74. The van der Waals surface area contributed by atoms with Crippen LogP contribution in [0.3, 0.4) is 0 Å². The second-order valence-corrected chi connectivity index (χ2v) is 5.47. The molecule has 3 aromatic rings. The Labute approximate surface area is 124 Å². The van der Waals surface area contributed by atoms with Crippen molar-refractivity contribution in [3.63, 3.8) is 0 Å². The van der Waals surface area contributed by atoms with E-state index >= 15 is 0 Å². The van der Waals surface area contributed by atoms with Gasteiger partial charge in [-0.2, -0.15) is 0 Å². The number of aryl methyl sites for hydroxylation is 1. The Balaban J connectivity index is 1.88. The van der Waals surface area contributed by atoms with Crippen molar-refractivity contribution in [3.05, 3.63) is 46.4 Å². The Morgan fingerprint density at radius 2 is 2.24 bits per heavy atom. The SMILES string of the molecule is Cc1ncsc1C(C)Nc1cc(-n2cnnn2)ccc1F. The maximum absolute atomic E-state index is 14.0. The van der Waals surface area contributed by atoms with Crippen molar-refractivity contribution >= 4 is 17.0 Å². The maximum Gasteiger partial charge on any atom is 0.146 e. The standard InChI is InChI=1S/C13H13FN6S/c1-8-13(21-7-15-8)9(2)17-12-5-10(3-4-11(12)14)20-6-16-18-19-20/h3-7,9,17H,1-2H3. The molecule has 2 aromatic heterocycles. The summed E-state index contributed by atoms with van der Waals surface area (Å²) in [6.07, 6.45) is 1.47. The van der Waals surface area contributed by atoms with Gasteiger partial charge >= 0.3 is 0 Å². The minimum absolute atomic E-state index is 0.0314. The molecule has 0 aliphatic rings. The molecule has 0 amide bonds. The van der Waals surface area contributed by atoms with Crippen molar-refractivity contribution in [2.75, 3.05) is 5.32 Å². The van der Waals surface area contributed by atoms with Crippen molar-refractivity contribution in [2.45, 2.75) is 19.9 Å². The lowest BCUT2D eigenvalue weighted by Crippen LogP contribution is -2.08. The second-order valence-electron chi connectivity index (χ2n) is 4.59. The van der Waals surface area contributed by atoms with Gasteiger partial charge in [0.25, 0.3) is 0 Å². The van der Waals surface area contributed by atoms with E-state index in [0.717, 1.165) is 10.6 Å². The molecule has 1 N–H and O–H groups in total. The molecule has 1 unspecified atom stereocenters. The number of thiazole rings is 1. The van der Waals surface area contributed by atoms with E-state index in [9.17, 15) is 4.39 Å². The molecule has 8 heteroatoms. The third kappa shape index (κ3) is 2.75. The topological polar surface area (TPSA) is 68.5 Å². The fraction of sp³-hybridized carbons (Fsp3) is 0.231. The number of nitrogens with zero attached hydrogens (tertiary/aromatic N) is 5. The molecule has 0 aliphatic carbocycles. The smallest absolute Gasteiger partial charge is 0.146 e. The molecule has 0 radical (unpaired) electrons. The van der Waals surface area contributed by atoms with Gasteiger partial charge in [-0.25, -0.2) is 14.1 Å². The summed E-state index contributed by atoms with van der Waals surface area (Å²) >= 11 is 1.55. The van der Waals surface area contributed by atoms with Crippen LogP contribution in [-0.4, -0.2) is 25.2 Å².